The fraction of sp³-hybridized carbons (Fsp3) is 0.400. The molecule has 1 heterocycles. The third kappa shape index (κ3) is 2.79. The third-order valence-electron chi connectivity index (χ3n) is 3.03. The van der Waals surface area contributed by atoms with Crippen molar-refractivity contribution in [3.05, 3.63) is 36.0 Å². The zero-order valence-corrected chi connectivity index (χ0v) is 11.2. The normalized spacial score (nSPS) is 11.8. The summed E-state index contributed by atoms with van der Waals surface area (Å²) in [4.78, 5) is 4.51. The number of nitrogens with zero attached hydrogens (tertiary/aromatic N) is 1. The molecule has 3 nitrogen and oxygen atoms in total. The molecule has 0 saturated carbocycles. The predicted octanol–water partition coefficient (Wildman–Crippen LogP) is 2.97. The van der Waals surface area contributed by atoms with Crippen molar-refractivity contribution in [3.8, 4) is 0 Å². The minimum absolute atomic E-state index is 0.127. The molecule has 0 aliphatic heterocycles. The van der Waals surface area contributed by atoms with Crippen molar-refractivity contribution >= 4 is 16.6 Å². The van der Waals surface area contributed by atoms with Crippen molar-refractivity contribution in [3.63, 3.8) is 0 Å². The minimum Gasteiger partial charge on any atom is -0.396 e. The van der Waals surface area contributed by atoms with Crippen LogP contribution in [0.25, 0.3) is 10.9 Å². The molecular weight excluding hydrogens is 224 g/mol. The molecule has 2 N–H and O–H groups in total. The molecule has 0 aliphatic rings. The SMILES string of the molecule is Cc1cc(NCC(C)(C)CO)c2ccccc2n1. The number of hydrogen-bond acceptors (Lipinski definition) is 3. The number of pyridine rings is 1. The molecule has 1 aromatic heterocycles. The molecule has 0 unspecified atom stereocenters. The third-order valence-corrected chi connectivity index (χ3v) is 3.03. The topological polar surface area (TPSA) is 45.1 Å². The summed E-state index contributed by atoms with van der Waals surface area (Å²) < 4.78 is 0. The quantitative estimate of drug-likeness (QED) is 0.869. The summed E-state index contributed by atoms with van der Waals surface area (Å²) in [5, 5.41) is 13.8. The van der Waals surface area contributed by atoms with Crippen molar-refractivity contribution in [1.82, 2.24) is 4.98 Å². The van der Waals surface area contributed by atoms with Crippen LogP contribution >= 0.6 is 0 Å². The van der Waals surface area contributed by atoms with Crippen LogP contribution < -0.4 is 5.32 Å². The van der Waals surface area contributed by atoms with Crippen LogP contribution in [0.2, 0.25) is 0 Å². The van der Waals surface area contributed by atoms with Crippen LogP contribution in [0.1, 0.15) is 19.5 Å². The lowest BCUT2D eigenvalue weighted by molar-refractivity contribution is 0.171. The summed E-state index contributed by atoms with van der Waals surface area (Å²) in [5.74, 6) is 0. The van der Waals surface area contributed by atoms with Gasteiger partial charge < -0.3 is 10.4 Å². The van der Waals surface area contributed by atoms with E-state index >= 15 is 0 Å². The van der Waals surface area contributed by atoms with Crippen LogP contribution in [0.15, 0.2) is 30.3 Å². The van der Waals surface area contributed by atoms with Gasteiger partial charge in [0.15, 0.2) is 0 Å². The fourth-order valence-corrected chi connectivity index (χ4v) is 1.84. The van der Waals surface area contributed by atoms with Crippen molar-refractivity contribution in [2.24, 2.45) is 5.41 Å². The van der Waals surface area contributed by atoms with E-state index < -0.39 is 0 Å². The van der Waals surface area contributed by atoms with Gasteiger partial charge in [0.25, 0.3) is 0 Å². The lowest BCUT2D eigenvalue weighted by atomic mass is 9.95. The largest absolute Gasteiger partial charge is 0.396 e. The highest BCUT2D eigenvalue weighted by Gasteiger charge is 2.16. The number of aromatic nitrogens is 1. The Morgan fingerprint density at radius 2 is 2.00 bits per heavy atom. The van der Waals surface area contributed by atoms with Crippen LogP contribution in [0.5, 0.6) is 0 Å². The van der Waals surface area contributed by atoms with E-state index in [1.165, 1.54) is 0 Å². The van der Waals surface area contributed by atoms with Crippen LogP contribution in [0.3, 0.4) is 0 Å². The second kappa shape index (κ2) is 4.94. The highest BCUT2D eigenvalue weighted by atomic mass is 16.3. The first-order valence-corrected chi connectivity index (χ1v) is 6.23. The fourth-order valence-electron chi connectivity index (χ4n) is 1.84. The maximum absolute atomic E-state index is 9.29. The van der Waals surface area contributed by atoms with Crippen LogP contribution in [-0.4, -0.2) is 23.2 Å². The number of aliphatic hydroxyl groups excluding tert-OH is 1. The van der Waals surface area contributed by atoms with E-state index in [0.29, 0.717) is 0 Å². The number of rotatable bonds is 4. The van der Waals surface area contributed by atoms with Crippen LogP contribution in [0, 0.1) is 12.3 Å². The number of fused-ring (bicyclic) bond motifs is 1. The predicted molar refractivity (Wildman–Crippen MR) is 75.8 cm³/mol. The number of aliphatic hydroxyl groups is 1. The summed E-state index contributed by atoms with van der Waals surface area (Å²) >= 11 is 0. The van der Waals surface area contributed by atoms with Gasteiger partial charge in [-0.15, -0.1) is 0 Å². The summed E-state index contributed by atoms with van der Waals surface area (Å²) in [6, 6.07) is 10.1. The zero-order valence-electron chi connectivity index (χ0n) is 11.2. The second-order valence-electron chi connectivity index (χ2n) is 5.50. The Bertz CT molecular complexity index is 549. The highest BCUT2D eigenvalue weighted by molar-refractivity contribution is 5.91. The van der Waals surface area contributed by atoms with Crippen molar-refractivity contribution < 1.29 is 5.11 Å². The number of nitrogens with one attached hydrogen (secondary N) is 1. The number of anilines is 1. The summed E-state index contributed by atoms with van der Waals surface area (Å²) in [7, 11) is 0. The maximum Gasteiger partial charge on any atom is 0.0725 e. The Morgan fingerprint density at radius 3 is 2.72 bits per heavy atom. The van der Waals surface area contributed by atoms with Gasteiger partial charge in [0.1, 0.15) is 0 Å². The summed E-state index contributed by atoms with van der Waals surface area (Å²) in [6.45, 7) is 6.97. The molecule has 0 fully saturated rings. The molecule has 2 aromatic rings. The molecule has 0 amide bonds. The van der Waals surface area contributed by atoms with Gasteiger partial charge in [-0.2, -0.15) is 0 Å². The standard InChI is InChI=1S/C15H20N2O/c1-11-8-14(16-9-15(2,3)10-18)12-6-4-5-7-13(12)17-11/h4-8,18H,9-10H2,1-3H3,(H,16,17). The van der Waals surface area contributed by atoms with E-state index in [1.54, 1.807) is 0 Å². The second-order valence-corrected chi connectivity index (χ2v) is 5.50. The van der Waals surface area contributed by atoms with Crippen molar-refractivity contribution in [1.29, 1.82) is 0 Å². The smallest absolute Gasteiger partial charge is 0.0725 e. The van der Waals surface area contributed by atoms with Gasteiger partial charge in [-0.05, 0) is 19.1 Å². The Labute approximate surface area is 108 Å². The molecule has 0 spiro atoms. The lowest BCUT2D eigenvalue weighted by Gasteiger charge is -2.23. The van der Waals surface area contributed by atoms with Gasteiger partial charge in [-0.3, -0.25) is 4.98 Å². The highest BCUT2D eigenvalue weighted by Crippen LogP contribution is 2.24. The Hall–Kier alpha value is -1.61. The van der Waals surface area contributed by atoms with Gasteiger partial charge in [0, 0.05) is 35.3 Å². The van der Waals surface area contributed by atoms with Crippen molar-refractivity contribution in [2.75, 3.05) is 18.5 Å². The zero-order chi connectivity index (χ0) is 13.2. The Kier molecular flexibility index (Phi) is 3.53. The van der Waals surface area contributed by atoms with E-state index in [2.05, 4.69) is 22.4 Å². The molecule has 1 aromatic carbocycles. The van der Waals surface area contributed by atoms with Gasteiger partial charge in [-0.25, -0.2) is 0 Å². The van der Waals surface area contributed by atoms with E-state index in [9.17, 15) is 5.11 Å². The monoisotopic (exact) mass is 244 g/mol. The molecule has 0 radical (unpaired) electrons. The molecule has 3 heteroatoms. The van der Waals surface area contributed by atoms with Gasteiger partial charge in [-0.1, -0.05) is 32.0 Å². The average Bonchev–Trinajstić information content (AvgIpc) is 2.36. The summed E-state index contributed by atoms with van der Waals surface area (Å²) in [6.07, 6.45) is 0. The average molecular weight is 244 g/mol. The van der Waals surface area contributed by atoms with E-state index in [0.717, 1.165) is 28.8 Å². The Morgan fingerprint density at radius 1 is 1.28 bits per heavy atom. The summed E-state index contributed by atoms with van der Waals surface area (Å²) in [5.41, 5.74) is 2.96. The molecular formula is C15H20N2O. The first-order chi connectivity index (χ1) is 8.52. The van der Waals surface area contributed by atoms with E-state index in [-0.39, 0.29) is 12.0 Å². The van der Waals surface area contributed by atoms with Crippen LogP contribution in [-0.2, 0) is 0 Å². The Balaban J connectivity index is 2.33. The van der Waals surface area contributed by atoms with E-state index in [1.807, 2.05) is 39.0 Å². The maximum atomic E-state index is 9.29. The number of para-hydroxylation sites is 1. The van der Waals surface area contributed by atoms with E-state index in [4.69, 9.17) is 0 Å². The number of hydrogen-bond donors (Lipinski definition) is 2. The number of aryl methyl sites for hydroxylation is 1. The van der Waals surface area contributed by atoms with Gasteiger partial charge in [0.2, 0.25) is 0 Å². The minimum atomic E-state index is -0.127. The van der Waals surface area contributed by atoms with Gasteiger partial charge in [0.05, 0.1) is 5.52 Å². The molecule has 0 bridgehead atoms. The molecule has 0 atom stereocenters. The molecule has 0 saturated heterocycles. The lowest BCUT2D eigenvalue weighted by Crippen LogP contribution is -2.26. The van der Waals surface area contributed by atoms with Crippen LogP contribution in [0.4, 0.5) is 5.69 Å². The number of benzene rings is 1. The first-order valence-electron chi connectivity index (χ1n) is 6.23. The van der Waals surface area contributed by atoms with Gasteiger partial charge >= 0.3 is 0 Å². The first kappa shape index (κ1) is 12.8. The van der Waals surface area contributed by atoms with Crippen molar-refractivity contribution in [2.45, 2.75) is 20.8 Å². The molecule has 2 rings (SSSR count). The molecule has 96 valence electrons. The molecule has 0 aliphatic carbocycles. The molecule has 18 heavy (non-hydrogen) atoms.